The zero-order valence-corrected chi connectivity index (χ0v) is 12.0. The van der Waals surface area contributed by atoms with Gasteiger partial charge in [0, 0.05) is 25.3 Å². The topological polar surface area (TPSA) is 108 Å². The summed E-state index contributed by atoms with van der Waals surface area (Å²) in [5, 5.41) is 8.22. The lowest BCUT2D eigenvalue weighted by Crippen LogP contribution is -2.40. The van der Waals surface area contributed by atoms with Crippen LogP contribution in [0.4, 0.5) is 19.0 Å². The van der Waals surface area contributed by atoms with Crippen molar-refractivity contribution in [3.63, 3.8) is 0 Å². The SMILES string of the molecule is NC1CCN(c2ncnc3[nH]ccc23)CC1.O=C(O)C(F)(F)F. The van der Waals surface area contributed by atoms with Gasteiger partial charge in [0.25, 0.3) is 0 Å². The predicted octanol–water partition coefficient (Wildman–Crippen LogP) is 1.52. The monoisotopic (exact) mass is 331 g/mol. The Morgan fingerprint density at radius 1 is 1.35 bits per heavy atom. The number of piperidine rings is 1. The third-order valence-corrected chi connectivity index (χ3v) is 3.41. The average Bonchev–Trinajstić information content (AvgIpc) is 2.96. The van der Waals surface area contributed by atoms with Gasteiger partial charge in [0.05, 0.1) is 5.39 Å². The molecule has 4 N–H and O–H groups in total. The smallest absolute Gasteiger partial charge is 0.475 e. The average molecular weight is 331 g/mol. The molecule has 7 nitrogen and oxygen atoms in total. The molecule has 1 aliphatic heterocycles. The number of anilines is 1. The van der Waals surface area contributed by atoms with Gasteiger partial charge in [0.15, 0.2) is 0 Å². The van der Waals surface area contributed by atoms with E-state index in [2.05, 4.69) is 19.9 Å². The molecule has 0 saturated carbocycles. The van der Waals surface area contributed by atoms with Crippen LogP contribution in [0.15, 0.2) is 18.6 Å². The number of alkyl halides is 3. The van der Waals surface area contributed by atoms with Crippen molar-refractivity contribution in [2.75, 3.05) is 18.0 Å². The van der Waals surface area contributed by atoms with E-state index >= 15 is 0 Å². The molecule has 0 spiro atoms. The predicted molar refractivity (Wildman–Crippen MR) is 77.0 cm³/mol. The molecule has 0 atom stereocenters. The van der Waals surface area contributed by atoms with Crippen molar-refractivity contribution in [2.24, 2.45) is 5.73 Å². The Hall–Kier alpha value is -2.36. The number of aliphatic carboxylic acids is 1. The Morgan fingerprint density at radius 3 is 2.52 bits per heavy atom. The van der Waals surface area contributed by atoms with Gasteiger partial charge in [-0.2, -0.15) is 13.2 Å². The minimum atomic E-state index is -5.08. The molecule has 2 aromatic rings. The maximum Gasteiger partial charge on any atom is 0.490 e. The first-order valence-corrected chi connectivity index (χ1v) is 6.87. The molecule has 0 radical (unpaired) electrons. The van der Waals surface area contributed by atoms with Crippen LogP contribution in [0.25, 0.3) is 11.0 Å². The molecule has 10 heteroatoms. The van der Waals surface area contributed by atoms with Crippen molar-refractivity contribution in [2.45, 2.75) is 25.1 Å². The number of aromatic amines is 1. The van der Waals surface area contributed by atoms with Crippen molar-refractivity contribution in [1.82, 2.24) is 15.0 Å². The summed E-state index contributed by atoms with van der Waals surface area (Å²) in [4.78, 5) is 22.9. The van der Waals surface area contributed by atoms with E-state index in [1.807, 2.05) is 12.3 Å². The van der Waals surface area contributed by atoms with Crippen LogP contribution in [0.3, 0.4) is 0 Å². The Balaban J connectivity index is 0.000000236. The van der Waals surface area contributed by atoms with Crippen molar-refractivity contribution in [3.05, 3.63) is 18.6 Å². The van der Waals surface area contributed by atoms with E-state index in [4.69, 9.17) is 15.6 Å². The maximum absolute atomic E-state index is 10.6. The molecule has 0 bridgehead atoms. The van der Waals surface area contributed by atoms with Crippen LogP contribution in [0, 0.1) is 0 Å². The highest BCUT2D eigenvalue weighted by atomic mass is 19.4. The minimum Gasteiger partial charge on any atom is -0.475 e. The van der Waals surface area contributed by atoms with Crippen LogP contribution >= 0.6 is 0 Å². The molecule has 1 aliphatic rings. The molecule has 3 heterocycles. The second kappa shape index (κ2) is 6.82. The number of fused-ring (bicyclic) bond motifs is 1. The van der Waals surface area contributed by atoms with Crippen molar-refractivity contribution >= 4 is 22.8 Å². The lowest BCUT2D eigenvalue weighted by molar-refractivity contribution is -0.192. The van der Waals surface area contributed by atoms with E-state index in [0.29, 0.717) is 6.04 Å². The van der Waals surface area contributed by atoms with E-state index in [1.54, 1.807) is 6.33 Å². The lowest BCUT2D eigenvalue weighted by Gasteiger charge is -2.31. The molecule has 2 aromatic heterocycles. The van der Waals surface area contributed by atoms with Crippen LogP contribution < -0.4 is 10.6 Å². The second-order valence-electron chi connectivity index (χ2n) is 5.06. The zero-order valence-electron chi connectivity index (χ0n) is 12.0. The maximum atomic E-state index is 10.6. The summed E-state index contributed by atoms with van der Waals surface area (Å²) in [5.74, 6) is -1.73. The number of hydrogen-bond donors (Lipinski definition) is 3. The Kier molecular flexibility index (Phi) is 5.04. The van der Waals surface area contributed by atoms with Gasteiger partial charge < -0.3 is 20.7 Å². The number of aromatic nitrogens is 3. The van der Waals surface area contributed by atoms with E-state index in [-0.39, 0.29) is 0 Å². The second-order valence-corrected chi connectivity index (χ2v) is 5.06. The molecule has 0 aromatic carbocycles. The number of carboxylic acid groups (broad SMARTS) is 1. The highest BCUT2D eigenvalue weighted by molar-refractivity contribution is 5.87. The molecule has 23 heavy (non-hydrogen) atoms. The highest BCUT2D eigenvalue weighted by Gasteiger charge is 2.38. The molecule has 126 valence electrons. The van der Waals surface area contributed by atoms with Crippen LogP contribution in [0.5, 0.6) is 0 Å². The number of nitrogens with two attached hydrogens (primary N) is 1. The number of hydrogen-bond acceptors (Lipinski definition) is 5. The number of H-pyrrole nitrogens is 1. The summed E-state index contributed by atoms with van der Waals surface area (Å²) >= 11 is 0. The largest absolute Gasteiger partial charge is 0.490 e. The van der Waals surface area contributed by atoms with Crippen molar-refractivity contribution < 1.29 is 23.1 Å². The molecular weight excluding hydrogens is 315 g/mol. The number of carboxylic acids is 1. The van der Waals surface area contributed by atoms with Gasteiger partial charge in [0.1, 0.15) is 17.8 Å². The van der Waals surface area contributed by atoms with Crippen LogP contribution in [-0.2, 0) is 4.79 Å². The molecule has 0 unspecified atom stereocenters. The summed E-state index contributed by atoms with van der Waals surface area (Å²) in [5.41, 5.74) is 6.80. The van der Waals surface area contributed by atoms with Gasteiger partial charge in [-0.3, -0.25) is 0 Å². The normalized spacial score (nSPS) is 16.1. The van der Waals surface area contributed by atoms with Crippen LogP contribution in [0.1, 0.15) is 12.8 Å². The number of halogens is 3. The minimum absolute atomic E-state index is 0.347. The van der Waals surface area contributed by atoms with Crippen molar-refractivity contribution in [1.29, 1.82) is 0 Å². The van der Waals surface area contributed by atoms with Gasteiger partial charge >= 0.3 is 12.1 Å². The molecule has 3 rings (SSSR count). The molecule has 0 aliphatic carbocycles. The standard InChI is InChI=1S/C11H15N5.C2HF3O2/c12-8-2-5-16(6-3-8)11-9-1-4-13-10(9)14-7-15-11;3-2(4,5)1(6)7/h1,4,7-8H,2-3,5-6,12H2,(H,13,14,15);(H,6,7). The van der Waals surface area contributed by atoms with E-state index in [1.165, 1.54) is 0 Å². The van der Waals surface area contributed by atoms with E-state index in [9.17, 15) is 13.2 Å². The number of nitrogens with one attached hydrogen (secondary N) is 1. The van der Waals surface area contributed by atoms with Gasteiger partial charge in [-0.15, -0.1) is 0 Å². The first kappa shape index (κ1) is 17.0. The third-order valence-electron chi connectivity index (χ3n) is 3.41. The number of nitrogens with zero attached hydrogens (tertiary/aromatic N) is 3. The lowest BCUT2D eigenvalue weighted by atomic mass is 10.1. The first-order valence-electron chi connectivity index (χ1n) is 6.87. The fourth-order valence-electron chi connectivity index (χ4n) is 2.22. The number of carbonyl (C=O) groups is 1. The highest BCUT2D eigenvalue weighted by Crippen LogP contribution is 2.24. The summed E-state index contributed by atoms with van der Waals surface area (Å²) in [6.07, 6.45) is 0.507. The summed E-state index contributed by atoms with van der Waals surface area (Å²) in [7, 11) is 0. The van der Waals surface area contributed by atoms with Gasteiger partial charge in [-0.05, 0) is 18.9 Å². The number of rotatable bonds is 1. The summed E-state index contributed by atoms with van der Waals surface area (Å²) in [6, 6.07) is 2.37. The van der Waals surface area contributed by atoms with Gasteiger partial charge in [-0.25, -0.2) is 14.8 Å². The molecule has 1 saturated heterocycles. The Morgan fingerprint density at radius 2 is 1.96 bits per heavy atom. The third kappa shape index (κ3) is 4.31. The molecule has 0 amide bonds. The Bertz CT molecular complexity index is 665. The quantitative estimate of drug-likeness (QED) is 0.731. The summed E-state index contributed by atoms with van der Waals surface area (Å²) < 4.78 is 31.7. The van der Waals surface area contributed by atoms with Gasteiger partial charge in [-0.1, -0.05) is 0 Å². The van der Waals surface area contributed by atoms with E-state index < -0.39 is 12.1 Å². The first-order chi connectivity index (χ1) is 10.8. The Labute approximate surface area is 129 Å². The fraction of sp³-hybridized carbons (Fsp3) is 0.462. The van der Waals surface area contributed by atoms with Crippen LogP contribution in [0.2, 0.25) is 0 Å². The molecular formula is C13H16F3N5O2. The molecule has 1 fully saturated rings. The zero-order chi connectivity index (χ0) is 17.0. The van der Waals surface area contributed by atoms with Crippen molar-refractivity contribution in [3.8, 4) is 0 Å². The van der Waals surface area contributed by atoms with Crippen LogP contribution in [-0.4, -0.2) is 51.3 Å². The summed E-state index contributed by atoms with van der Waals surface area (Å²) in [6.45, 7) is 1.97. The van der Waals surface area contributed by atoms with Gasteiger partial charge in [0.2, 0.25) is 0 Å². The fourth-order valence-corrected chi connectivity index (χ4v) is 2.22. The van der Waals surface area contributed by atoms with E-state index in [0.717, 1.165) is 42.8 Å².